The molecule has 0 unspecified atom stereocenters. The van der Waals surface area contributed by atoms with E-state index in [0.29, 0.717) is 11.4 Å². The maximum absolute atomic E-state index is 11.6. The lowest BCUT2D eigenvalue weighted by molar-refractivity contribution is 1.01. The number of aryl methyl sites for hydroxylation is 2. The molecule has 2 heterocycles. The van der Waals surface area contributed by atoms with Crippen molar-refractivity contribution in [1.29, 1.82) is 0 Å². The number of aromatic nitrogens is 3. The largest absolute Gasteiger partial charge is 0.305 e. The highest BCUT2D eigenvalue weighted by Crippen LogP contribution is 2.15. The first-order valence-electron chi connectivity index (χ1n) is 5.09. The zero-order chi connectivity index (χ0) is 11.7. The number of nitrogens with one attached hydrogen (secondary N) is 1. The van der Waals surface area contributed by atoms with Crippen LogP contribution in [0.2, 0.25) is 0 Å². The third kappa shape index (κ3) is 1.74. The number of pyridine rings is 1. The van der Waals surface area contributed by atoms with Crippen LogP contribution >= 0.6 is 0 Å². The van der Waals surface area contributed by atoms with Gasteiger partial charge in [-0.15, -0.1) is 0 Å². The number of hydrogen-bond donors (Lipinski definition) is 1. The highest BCUT2D eigenvalue weighted by molar-refractivity contribution is 5.54. The highest BCUT2D eigenvalue weighted by atomic mass is 16.1. The van der Waals surface area contributed by atoms with Crippen LogP contribution in [-0.2, 0) is 0 Å². The van der Waals surface area contributed by atoms with Crippen molar-refractivity contribution in [3.05, 3.63) is 45.5 Å². The van der Waals surface area contributed by atoms with Crippen molar-refractivity contribution in [3.8, 4) is 11.5 Å². The van der Waals surface area contributed by atoms with Gasteiger partial charge in [0.1, 0.15) is 5.69 Å². The van der Waals surface area contributed by atoms with Gasteiger partial charge in [-0.3, -0.25) is 9.78 Å². The maximum atomic E-state index is 11.6. The molecule has 0 aliphatic rings. The first kappa shape index (κ1) is 10.5. The summed E-state index contributed by atoms with van der Waals surface area (Å²) in [5, 5.41) is 0. The third-order valence-electron chi connectivity index (χ3n) is 2.63. The van der Waals surface area contributed by atoms with E-state index in [1.807, 2.05) is 26.0 Å². The van der Waals surface area contributed by atoms with Crippen LogP contribution in [-0.4, -0.2) is 15.0 Å². The summed E-state index contributed by atoms with van der Waals surface area (Å²) in [7, 11) is 0. The fourth-order valence-corrected chi connectivity index (χ4v) is 1.49. The lowest BCUT2D eigenvalue weighted by Gasteiger charge is -2.05. The number of aromatic amines is 1. The van der Waals surface area contributed by atoms with Crippen molar-refractivity contribution >= 4 is 0 Å². The van der Waals surface area contributed by atoms with E-state index in [4.69, 9.17) is 0 Å². The molecule has 0 radical (unpaired) electrons. The minimum absolute atomic E-state index is 0.104. The Balaban J connectivity index is 2.67. The Hall–Kier alpha value is -1.97. The Kier molecular flexibility index (Phi) is 2.56. The predicted molar refractivity (Wildman–Crippen MR) is 62.3 cm³/mol. The van der Waals surface area contributed by atoms with Gasteiger partial charge in [0.15, 0.2) is 5.82 Å². The van der Waals surface area contributed by atoms with Crippen LogP contribution in [0.15, 0.2) is 23.1 Å². The molecule has 0 aromatic carbocycles. The topological polar surface area (TPSA) is 58.6 Å². The van der Waals surface area contributed by atoms with Crippen molar-refractivity contribution in [2.45, 2.75) is 20.8 Å². The first-order chi connectivity index (χ1) is 7.59. The molecule has 2 rings (SSSR count). The van der Waals surface area contributed by atoms with E-state index in [1.54, 1.807) is 13.1 Å². The monoisotopic (exact) mass is 215 g/mol. The summed E-state index contributed by atoms with van der Waals surface area (Å²) in [6, 6.07) is 3.80. The summed E-state index contributed by atoms with van der Waals surface area (Å²) >= 11 is 0. The number of hydrogen-bond acceptors (Lipinski definition) is 3. The minimum Gasteiger partial charge on any atom is -0.305 e. The summed E-state index contributed by atoms with van der Waals surface area (Å²) < 4.78 is 0. The van der Waals surface area contributed by atoms with Gasteiger partial charge in [0.2, 0.25) is 0 Å². The average Bonchev–Trinajstić information content (AvgIpc) is 2.26. The molecular formula is C12H13N3O. The van der Waals surface area contributed by atoms with Crippen LogP contribution in [0, 0.1) is 20.8 Å². The standard InChI is InChI=1S/C12H13N3O/c1-7-5-4-6-13-10(7)11-14-9(3)8(2)12(16)15-11/h4-6H,1-3H3,(H,14,15,16). The van der Waals surface area contributed by atoms with Crippen molar-refractivity contribution < 1.29 is 0 Å². The van der Waals surface area contributed by atoms with E-state index >= 15 is 0 Å². The molecule has 0 spiro atoms. The first-order valence-corrected chi connectivity index (χ1v) is 5.09. The molecule has 0 aliphatic heterocycles. The van der Waals surface area contributed by atoms with Crippen LogP contribution in [0.25, 0.3) is 11.5 Å². The van der Waals surface area contributed by atoms with Gasteiger partial charge in [-0.05, 0) is 32.4 Å². The van der Waals surface area contributed by atoms with Gasteiger partial charge in [-0.1, -0.05) is 6.07 Å². The zero-order valence-electron chi connectivity index (χ0n) is 9.53. The Bertz CT molecular complexity index is 587. The summed E-state index contributed by atoms with van der Waals surface area (Å²) in [5.74, 6) is 0.534. The third-order valence-corrected chi connectivity index (χ3v) is 2.63. The SMILES string of the molecule is Cc1cccnc1-c1nc(C)c(C)c(=O)[nH]1. The van der Waals surface area contributed by atoms with Gasteiger partial charge in [-0.25, -0.2) is 4.98 Å². The molecule has 0 aliphatic carbocycles. The fraction of sp³-hybridized carbons (Fsp3) is 0.250. The van der Waals surface area contributed by atoms with E-state index in [-0.39, 0.29) is 5.56 Å². The van der Waals surface area contributed by atoms with Crippen molar-refractivity contribution in [3.63, 3.8) is 0 Å². The Morgan fingerprint density at radius 1 is 1.25 bits per heavy atom. The molecule has 4 heteroatoms. The normalized spacial score (nSPS) is 10.4. The van der Waals surface area contributed by atoms with E-state index in [0.717, 1.165) is 17.0 Å². The van der Waals surface area contributed by atoms with Crippen LogP contribution in [0.1, 0.15) is 16.8 Å². The lowest BCUT2D eigenvalue weighted by atomic mass is 10.2. The van der Waals surface area contributed by atoms with Crippen molar-refractivity contribution in [2.75, 3.05) is 0 Å². The van der Waals surface area contributed by atoms with E-state index in [1.165, 1.54) is 0 Å². The van der Waals surface area contributed by atoms with E-state index in [2.05, 4.69) is 15.0 Å². The molecule has 2 aromatic rings. The Labute approximate surface area is 93.4 Å². The average molecular weight is 215 g/mol. The summed E-state index contributed by atoms with van der Waals surface area (Å²) in [4.78, 5) is 22.9. The number of rotatable bonds is 1. The summed E-state index contributed by atoms with van der Waals surface area (Å²) in [5.41, 5.74) is 3.00. The molecule has 0 saturated carbocycles. The van der Waals surface area contributed by atoms with Gasteiger partial charge in [0, 0.05) is 17.5 Å². The zero-order valence-corrected chi connectivity index (χ0v) is 9.53. The molecule has 82 valence electrons. The van der Waals surface area contributed by atoms with Gasteiger partial charge in [-0.2, -0.15) is 0 Å². The van der Waals surface area contributed by atoms with Gasteiger partial charge in [0.05, 0.1) is 0 Å². The van der Waals surface area contributed by atoms with Crippen molar-refractivity contribution in [2.24, 2.45) is 0 Å². The van der Waals surface area contributed by atoms with Crippen LogP contribution < -0.4 is 5.56 Å². The summed E-state index contributed by atoms with van der Waals surface area (Å²) in [6.07, 6.45) is 1.69. The van der Waals surface area contributed by atoms with E-state index < -0.39 is 0 Å². The molecule has 0 atom stereocenters. The fourth-order valence-electron chi connectivity index (χ4n) is 1.49. The molecular weight excluding hydrogens is 202 g/mol. The van der Waals surface area contributed by atoms with Gasteiger partial charge < -0.3 is 4.98 Å². The maximum Gasteiger partial charge on any atom is 0.254 e. The predicted octanol–water partition coefficient (Wildman–Crippen LogP) is 1.76. The van der Waals surface area contributed by atoms with Gasteiger partial charge >= 0.3 is 0 Å². The second-order valence-electron chi connectivity index (χ2n) is 3.79. The second-order valence-corrected chi connectivity index (χ2v) is 3.79. The van der Waals surface area contributed by atoms with Crippen molar-refractivity contribution in [1.82, 2.24) is 15.0 Å². The van der Waals surface area contributed by atoms with E-state index in [9.17, 15) is 4.79 Å². The number of nitrogens with zero attached hydrogens (tertiary/aromatic N) is 2. The van der Waals surface area contributed by atoms with Crippen LogP contribution in [0.5, 0.6) is 0 Å². The molecule has 4 nitrogen and oxygen atoms in total. The lowest BCUT2D eigenvalue weighted by Crippen LogP contribution is -2.15. The molecule has 16 heavy (non-hydrogen) atoms. The smallest absolute Gasteiger partial charge is 0.254 e. The molecule has 0 saturated heterocycles. The molecule has 2 aromatic heterocycles. The second kappa shape index (κ2) is 3.89. The molecule has 0 amide bonds. The Morgan fingerprint density at radius 3 is 2.62 bits per heavy atom. The summed E-state index contributed by atoms with van der Waals surface area (Å²) in [6.45, 7) is 5.53. The quantitative estimate of drug-likeness (QED) is 0.788. The highest BCUT2D eigenvalue weighted by Gasteiger charge is 2.08. The van der Waals surface area contributed by atoms with Gasteiger partial charge in [0.25, 0.3) is 5.56 Å². The molecule has 0 bridgehead atoms. The minimum atomic E-state index is -0.104. The number of H-pyrrole nitrogens is 1. The Morgan fingerprint density at radius 2 is 2.00 bits per heavy atom. The molecule has 1 N–H and O–H groups in total. The van der Waals surface area contributed by atoms with Crippen LogP contribution in [0.4, 0.5) is 0 Å². The molecule has 0 fully saturated rings. The van der Waals surface area contributed by atoms with Crippen LogP contribution in [0.3, 0.4) is 0 Å².